The minimum atomic E-state index is 0.934. The summed E-state index contributed by atoms with van der Waals surface area (Å²) in [6.07, 6.45) is 1.08. The van der Waals surface area contributed by atoms with Crippen molar-refractivity contribution in [3.05, 3.63) is 41.5 Å². The Hall–Kier alpha value is -1.50. The first-order valence-corrected chi connectivity index (χ1v) is 5.32. The lowest BCUT2D eigenvalue weighted by Crippen LogP contribution is -1.87. The maximum atomic E-state index is 5.26. The van der Waals surface area contributed by atoms with E-state index < -0.39 is 0 Å². The summed E-state index contributed by atoms with van der Waals surface area (Å²) >= 11 is 0. The van der Waals surface area contributed by atoms with Gasteiger partial charge in [0.1, 0.15) is 5.75 Å². The summed E-state index contributed by atoms with van der Waals surface area (Å²) in [5, 5.41) is 2.58. The summed E-state index contributed by atoms with van der Waals surface area (Å²) in [4.78, 5) is 0. The molecule has 0 saturated carbocycles. The summed E-state index contributed by atoms with van der Waals surface area (Å²) in [7, 11) is 1.71. The molecule has 0 heterocycles. The fourth-order valence-electron chi connectivity index (χ4n) is 1.89. The van der Waals surface area contributed by atoms with Gasteiger partial charge in [0, 0.05) is 0 Å². The van der Waals surface area contributed by atoms with E-state index in [1.54, 1.807) is 7.11 Å². The molecule has 0 aliphatic rings. The highest BCUT2D eigenvalue weighted by molar-refractivity contribution is 5.87. The number of hydrogen-bond acceptors (Lipinski definition) is 1. The zero-order valence-electron chi connectivity index (χ0n) is 9.50. The Morgan fingerprint density at radius 3 is 2.60 bits per heavy atom. The van der Waals surface area contributed by atoms with Gasteiger partial charge in [-0.05, 0) is 47.4 Å². The van der Waals surface area contributed by atoms with Crippen LogP contribution in [0, 0.1) is 6.92 Å². The van der Waals surface area contributed by atoms with Crippen molar-refractivity contribution in [1.82, 2.24) is 0 Å². The van der Waals surface area contributed by atoms with Crippen LogP contribution in [-0.4, -0.2) is 7.11 Å². The van der Waals surface area contributed by atoms with E-state index in [-0.39, 0.29) is 0 Å². The quantitative estimate of drug-likeness (QED) is 0.718. The predicted molar refractivity (Wildman–Crippen MR) is 64.6 cm³/mol. The smallest absolute Gasteiger partial charge is 0.119 e. The maximum absolute atomic E-state index is 5.26. The van der Waals surface area contributed by atoms with Crippen LogP contribution >= 0.6 is 0 Å². The highest BCUT2D eigenvalue weighted by Gasteiger charge is 2.01. The summed E-state index contributed by atoms with van der Waals surface area (Å²) < 4.78 is 5.26. The SMILES string of the molecule is CCc1ccc2cc(OC)cc(C)c2c1. The van der Waals surface area contributed by atoms with Gasteiger partial charge < -0.3 is 4.74 Å². The first-order chi connectivity index (χ1) is 7.24. The minimum Gasteiger partial charge on any atom is -0.497 e. The average molecular weight is 200 g/mol. The molecular weight excluding hydrogens is 184 g/mol. The van der Waals surface area contributed by atoms with Crippen molar-refractivity contribution in [1.29, 1.82) is 0 Å². The molecule has 0 aliphatic carbocycles. The molecule has 2 aromatic rings. The van der Waals surface area contributed by atoms with E-state index in [1.165, 1.54) is 21.9 Å². The molecule has 0 unspecified atom stereocenters. The van der Waals surface area contributed by atoms with Gasteiger partial charge >= 0.3 is 0 Å². The monoisotopic (exact) mass is 200 g/mol. The normalized spacial score (nSPS) is 10.6. The minimum absolute atomic E-state index is 0.934. The van der Waals surface area contributed by atoms with Gasteiger partial charge in [-0.3, -0.25) is 0 Å². The first kappa shape index (κ1) is 10.0. The zero-order valence-corrected chi connectivity index (χ0v) is 9.50. The second kappa shape index (κ2) is 3.93. The molecule has 1 nitrogen and oxygen atoms in total. The van der Waals surface area contributed by atoms with Crippen molar-refractivity contribution in [2.45, 2.75) is 20.3 Å². The molecule has 1 heteroatoms. The van der Waals surface area contributed by atoms with Gasteiger partial charge in [0.2, 0.25) is 0 Å². The van der Waals surface area contributed by atoms with Gasteiger partial charge in [-0.1, -0.05) is 25.1 Å². The van der Waals surface area contributed by atoms with E-state index in [9.17, 15) is 0 Å². The fourth-order valence-corrected chi connectivity index (χ4v) is 1.89. The molecule has 0 bridgehead atoms. The van der Waals surface area contributed by atoms with Crippen LogP contribution < -0.4 is 4.74 Å². The molecule has 78 valence electrons. The van der Waals surface area contributed by atoms with Crippen LogP contribution in [0.25, 0.3) is 10.8 Å². The lowest BCUT2D eigenvalue weighted by molar-refractivity contribution is 0.415. The third-order valence-corrected chi connectivity index (χ3v) is 2.84. The Bertz CT molecular complexity index is 486. The highest BCUT2D eigenvalue weighted by atomic mass is 16.5. The van der Waals surface area contributed by atoms with Gasteiger partial charge in [-0.25, -0.2) is 0 Å². The van der Waals surface area contributed by atoms with Gasteiger partial charge in [0.25, 0.3) is 0 Å². The summed E-state index contributed by atoms with van der Waals surface area (Å²) in [6.45, 7) is 4.31. The standard InChI is InChI=1S/C14H16O/c1-4-11-5-6-12-9-13(15-3)7-10(2)14(12)8-11/h5-9H,4H2,1-3H3. The van der Waals surface area contributed by atoms with Crippen molar-refractivity contribution in [2.24, 2.45) is 0 Å². The molecule has 0 amide bonds. The molecule has 0 aliphatic heterocycles. The Morgan fingerprint density at radius 1 is 1.13 bits per heavy atom. The van der Waals surface area contributed by atoms with Crippen LogP contribution in [0.2, 0.25) is 0 Å². The van der Waals surface area contributed by atoms with Gasteiger partial charge in [0.15, 0.2) is 0 Å². The zero-order chi connectivity index (χ0) is 10.8. The van der Waals surface area contributed by atoms with Gasteiger partial charge in [0.05, 0.1) is 7.11 Å². The van der Waals surface area contributed by atoms with Crippen molar-refractivity contribution >= 4 is 10.8 Å². The lowest BCUT2D eigenvalue weighted by atomic mass is 10.0. The fraction of sp³-hybridized carbons (Fsp3) is 0.286. The summed E-state index contributed by atoms with van der Waals surface area (Å²) in [5.41, 5.74) is 2.66. The number of aryl methyl sites for hydroxylation is 2. The van der Waals surface area contributed by atoms with Crippen LogP contribution in [0.5, 0.6) is 5.75 Å². The Balaban J connectivity index is 2.68. The summed E-state index contributed by atoms with van der Waals surface area (Å²) in [5.74, 6) is 0.934. The van der Waals surface area contributed by atoms with E-state index in [1.807, 2.05) is 0 Å². The number of hydrogen-bond donors (Lipinski definition) is 0. The third-order valence-electron chi connectivity index (χ3n) is 2.84. The Labute approximate surface area is 90.7 Å². The molecule has 0 radical (unpaired) electrons. The molecule has 0 saturated heterocycles. The lowest BCUT2D eigenvalue weighted by Gasteiger charge is -2.07. The third kappa shape index (κ3) is 1.82. The van der Waals surface area contributed by atoms with E-state index in [2.05, 4.69) is 44.2 Å². The van der Waals surface area contributed by atoms with E-state index in [0.717, 1.165) is 12.2 Å². The molecule has 2 aromatic carbocycles. The molecule has 0 spiro atoms. The van der Waals surface area contributed by atoms with Crippen LogP contribution in [0.3, 0.4) is 0 Å². The largest absolute Gasteiger partial charge is 0.497 e. The molecule has 15 heavy (non-hydrogen) atoms. The van der Waals surface area contributed by atoms with Crippen molar-refractivity contribution in [3.63, 3.8) is 0 Å². The second-order valence-corrected chi connectivity index (χ2v) is 3.85. The Morgan fingerprint density at radius 2 is 1.93 bits per heavy atom. The molecule has 0 aromatic heterocycles. The van der Waals surface area contributed by atoms with Crippen LogP contribution in [0.1, 0.15) is 18.1 Å². The molecule has 0 atom stereocenters. The van der Waals surface area contributed by atoms with Gasteiger partial charge in [-0.15, -0.1) is 0 Å². The topological polar surface area (TPSA) is 9.23 Å². The van der Waals surface area contributed by atoms with E-state index in [0.29, 0.717) is 0 Å². The van der Waals surface area contributed by atoms with Crippen LogP contribution in [0.4, 0.5) is 0 Å². The summed E-state index contributed by atoms with van der Waals surface area (Å²) in [6, 6.07) is 10.8. The highest BCUT2D eigenvalue weighted by Crippen LogP contribution is 2.25. The van der Waals surface area contributed by atoms with Gasteiger partial charge in [-0.2, -0.15) is 0 Å². The second-order valence-electron chi connectivity index (χ2n) is 3.85. The number of methoxy groups -OCH3 is 1. The number of fused-ring (bicyclic) bond motifs is 1. The van der Waals surface area contributed by atoms with Crippen LogP contribution in [-0.2, 0) is 6.42 Å². The van der Waals surface area contributed by atoms with Crippen LogP contribution in [0.15, 0.2) is 30.3 Å². The van der Waals surface area contributed by atoms with E-state index in [4.69, 9.17) is 4.74 Å². The number of benzene rings is 2. The Kier molecular flexibility index (Phi) is 2.63. The number of ether oxygens (including phenoxy) is 1. The first-order valence-electron chi connectivity index (χ1n) is 5.32. The van der Waals surface area contributed by atoms with Crippen molar-refractivity contribution in [3.8, 4) is 5.75 Å². The average Bonchev–Trinajstić information content (AvgIpc) is 2.28. The van der Waals surface area contributed by atoms with E-state index >= 15 is 0 Å². The molecule has 0 fully saturated rings. The number of rotatable bonds is 2. The molecular formula is C14H16O. The molecule has 2 rings (SSSR count). The maximum Gasteiger partial charge on any atom is 0.119 e. The van der Waals surface area contributed by atoms with Crippen molar-refractivity contribution < 1.29 is 4.74 Å². The molecule has 0 N–H and O–H groups in total. The van der Waals surface area contributed by atoms with Crippen molar-refractivity contribution in [2.75, 3.05) is 7.11 Å². The predicted octanol–water partition coefficient (Wildman–Crippen LogP) is 3.72.